The normalized spacial score (nSPS) is 38.4. The summed E-state index contributed by atoms with van der Waals surface area (Å²) in [6.45, 7) is 0.992. The molecule has 2 heteroatoms. The third-order valence-electron chi connectivity index (χ3n) is 4.28. The molecule has 2 atom stereocenters. The van der Waals surface area contributed by atoms with Gasteiger partial charge in [-0.15, -0.1) is 0 Å². The molecule has 1 N–H and O–H groups in total. The van der Waals surface area contributed by atoms with E-state index in [2.05, 4.69) is 5.32 Å². The van der Waals surface area contributed by atoms with E-state index in [1.165, 1.54) is 51.4 Å². The lowest BCUT2D eigenvalue weighted by atomic mass is 9.93. The molecule has 2 unspecified atom stereocenters. The molecule has 1 aliphatic heterocycles. The molecule has 0 bridgehead atoms. The molecule has 2 aliphatic carbocycles. The van der Waals surface area contributed by atoms with Crippen molar-refractivity contribution >= 4 is 0 Å². The number of hydrogen-bond acceptors (Lipinski definition) is 2. The van der Waals surface area contributed by atoms with Crippen molar-refractivity contribution in [3.63, 3.8) is 0 Å². The number of ether oxygens (including phenoxy) is 1. The molecule has 0 aromatic heterocycles. The van der Waals surface area contributed by atoms with Gasteiger partial charge in [0, 0.05) is 18.7 Å². The monoisotopic (exact) mass is 209 g/mol. The Morgan fingerprint density at radius 3 is 2.40 bits per heavy atom. The molecule has 3 rings (SSSR count). The first-order chi connectivity index (χ1) is 7.43. The van der Waals surface area contributed by atoms with Crippen molar-refractivity contribution in [3.05, 3.63) is 0 Å². The highest BCUT2D eigenvalue weighted by atomic mass is 16.5. The third kappa shape index (κ3) is 2.36. The summed E-state index contributed by atoms with van der Waals surface area (Å²) in [7, 11) is 0. The molecule has 2 nitrogen and oxygen atoms in total. The van der Waals surface area contributed by atoms with Gasteiger partial charge in [0.1, 0.15) is 0 Å². The van der Waals surface area contributed by atoms with Crippen molar-refractivity contribution in [2.24, 2.45) is 5.92 Å². The van der Waals surface area contributed by atoms with Crippen molar-refractivity contribution in [1.29, 1.82) is 0 Å². The zero-order valence-corrected chi connectivity index (χ0v) is 9.58. The highest BCUT2D eigenvalue weighted by molar-refractivity contribution is 4.95. The van der Waals surface area contributed by atoms with Crippen LogP contribution in [-0.4, -0.2) is 24.8 Å². The van der Waals surface area contributed by atoms with Gasteiger partial charge in [0.2, 0.25) is 0 Å². The van der Waals surface area contributed by atoms with Gasteiger partial charge in [-0.3, -0.25) is 0 Å². The van der Waals surface area contributed by atoms with E-state index < -0.39 is 0 Å². The average Bonchev–Trinajstić information content (AvgIpc) is 3.02. The molecule has 0 spiro atoms. The molecule has 1 heterocycles. The van der Waals surface area contributed by atoms with Crippen LogP contribution in [0.25, 0.3) is 0 Å². The molecule has 0 amide bonds. The summed E-state index contributed by atoms with van der Waals surface area (Å²) in [5, 5.41) is 3.86. The molecular formula is C13H23NO. The maximum atomic E-state index is 5.87. The molecule has 3 fully saturated rings. The minimum atomic E-state index is 0.562. The van der Waals surface area contributed by atoms with E-state index in [-0.39, 0.29) is 0 Å². The van der Waals surface area contributed by atoms with Crippen LogP contribution in [0.1, 0.15) is 51.4 Å². The summed E-state index contributed by atoms with van der Waals surface area (Å²) in [4.78, 5) is 0. The second kappa shape index (κ2) is 4.42. The lowest BCUT2D eigenvalue weighted by Gasteiger charge is -2.28. The standard InChI is InChI=1S/C13H23NO/c1-2-4-11(5-3-1)14-12-8-9-15-13(12)10-6-7-10/h10-14H,1-9H2. The summed E-state index contributed by atoms with van der Waals surface area (Å²) in [6, 6.07) is 1.48. The second-order valence-electron chi connectivity index (χ2n) is 5.57. The lowest BCUT2D eigenvalue weighted by molar-refractivity contribution is 0.0776. The van der Waals surface area contributed by atoms with E-state index in [4.69, 9.17) is 4.74 Å². The van der Waals surface area contributed by atoms with E-state index in [0.717, 1.165) is 18.6 Å². The van der Waals surface area contributed by atoms with Gasteiger partial charge in [0.05, 0.1) is 6.10 Å². The first-order valence-corrected chi connectivity index (χ1v) is 6.81. The largest absolute Gasteiger partial charge is 0.376 e. The maximum absolute atomic E-state index is 5.87. The first kappa shape index (κ1) is 10.1. The summed E-state index contributed by atoms with van der Waals surface area (Å²) in [6.07, 6.45) is 11.7. The first-order valence-electron chi connectivity index (χ1n) is 6.81. The van der Waals surface area contributed by atoms with Crippen LogP contribution < -0.4 is 5.32 Å². The van der Waals surface area contributed by atoms with E-state index in [0.29, 0.717) is 12.1 Å². The molecule has 0 aromatic carbocycles. The zero-order chi connectivity index (χ0) is 10.1. The van der Waals surface area contributed by atoms with Crippen molar-refractivity contribution < 1.29 is 4.74 Å². The smallest absolute Gasteiger partial charge is 0.0757 e. The van der Waals surface area contributed by atoms with E-state index in [1.54, 1.807) is 0 Å². The van der Waals surface area contributed by atoms with Crippen molar-refractivity contribution in [3.8, 4) is 0 Å². The molecule has 86 valence electrons. The lowest BCUT2D eigenvalue weighted by Crippen LogP contribution is -2.44. The van der Waals surface area contributed by atoms with Crippen LogP contribution in [0.3, 0.4) is 0 Å². The quantitative estimate of drug-likeness (QED) is 0.771. The van der Waals surface area contributed by atoms with E-state index in [9.17, 15) is 0 Å². The maximum Gasteiger partial charge on any atom is 0.0757 e. The number of nitrogens with one attached hydrogen (secondary N) is 1. The van der Waals surface area contributed by atoms with Crippen LogP contribution in [-0.2, 0) is 4.74 Å². The summed E-state index contributed by atoms with van der Waals surface area (Å²) < 4.78 is 5.87. The SMILES string of the molecule is C1CCC(NC2CCOC2C2CC2)CC1. The topological polar surface area (TPSA) is 21.3 Å². The predicted molar refractivity (Wildman–Crippen MR) is 60.9 cm³/mol. The minimum absolute atomic E-state index is 0.562. The molecule has 15 heavy (non-hydrogen) atoms. The molecular weight excluding hydrogens is 186 g/mol. The van der Waals surface area contributed by atoms with Gasteiger partial charge in [0.15, 0.2) is 0 Å². The summed E-state index contributed by atoms with van der Waals surface area (Å²) >= 11 is 0. The third-order valence-corrected chi connectivity index (χ3v) is 4.28. The van der Waals surface area contributed by atoms with Crippen molar-refractivity contribution in [1.82, 2.24) is 5.32 Å². The summed E-state index contributed by atoms with van der Waals surface area (Å²) in [5.74, 6) is 0.897. The van der Waals surface area contributed by atoms with Crippen LogP contribution in [0.2, 0.25) is 0 Å². The fourth-order valence-corrected chi connectivity index (χ4v) is 3.25. The molecule has 0 radical (unpaired) electrons. The Labute approximate surface area is 92.8 Å². The predicted octanol–water partition coefficient (Wildman–Crippen LogP) is 2.48. The van der Waals surface area contributed by atoms with Crippen LogP contribution in [0.15, 0.2) is 0 Å². The Morgan fingerprint density at radius 1 is 0.867 bits per heavy atom. The van der Waals surface area contributed by atoms with Crippen LogP contribution in [0, 0.1) is 5.92 Å². The Kier molecular flexibility index (Phi) is 2.98. The Bertz CT molecular complexity index is 209. The molecule has 3 aliphatic rings. The van der Waals surface area contributed by atoms with Crippen molar-refractivity contribution in [2.45, 2.75) is 69.6 Å². The Morgan fingerprint density at radius 2 is 1.67 bits per heavy atom. The second-order valence-corrected chi connectivity index (χ2v) is 5.57. The summed E-state index contributed by atoms with van der Waals surface area (Å²) in [5.41, 5.74) is 0. The Hall–Kier alpha value is -0.0800. The molecule has 1 saturated heterocycles. The van der Waals surface area contributed by atoms with Gasteiger partial charge in [0.25, 0.3) is 0 Å². The van der Waals surface area contributed by atoms with Gasteiger partial charge >= 0.3 is 0 Å². The van der Waals surface area contributed by atoms with Crippen LogP contribution in [0.5, 0.6) is 0 Å². The zero-order valence-electron chi connectivity index (χ0n) is 9.58. The minimum Gasteiger partial charge on any atom is -0.376 e. The fourth-order valence-electron chi connectivity index (χ4n) is 3.25. The molecule has 0 aromatic rings. The van der Waals surface area contributed by atoms with E-state index in [1.807, 2.05) is 0 Å². The average molecular weight is 209 g/mol. The van der Waals surface area contributed by atoms with Gasteiger partial charge in [-0.2, -0.15) is 0 Å². The number of rotatable bonds is 3. The Balaban J connectivity index is 1.52. The van der Waals surface area contributed by atoms with Crippen LogP contribution >= 0.6 is 0 Å². The number of hydrogen-bond donors (Lipinski definition) is 1. The highest BCUT2D eigenvalue weighted by Crippen LogP contribution is 2.39. The van der Waals surface area contributed by atoms with Crippen molar-refractivity contribution in [2.75, 3.05) is 6.61 Å². The van der Waals surface area contributed by atoms with Gasteiger partial charge < -0.3 is 10.1 Å². The van der Waals surface area contributed by atoms with Gasteiger partial charge in [-0.1, -0.05) is 19.3 Å². The fraction of sp³-hybridized carbons (Fsp3) is 1.00. The van der Waals surface area contributed by atoms with Crippen LogP contribution in [0.4, 0.5) is 0 Å². The highest BCUT2D eigenvalue weighted by Gasteiger charge is 2.41. The molecule has 2 saturated carbocycles. The van der Waals surface area contributed by atoms with E-state index >= 15 is 0 Å². The van der Waals surface area contributed by atoms with Gasteiger partial charge in [-0.25, -0.2) is 0 Å². The van der Waals surface area contributed by atoms with Gasteiger partial charge in [-0.05, 0) is 38.0 Å².